The van der Waals surface area contributed by atoms with Crippen molar-refractivity contribution in [2.45, 2.75) is 23.2 Å². The van der Waals surface area contributed by atoms with E-state index in [-0.39, 0.29) is 5.91 Å². The number of ether oxygens (including phenoxy) is 2. The summed E-state index contributed by atoms with van der Waals surface area (Å²) in [6.45, 7) is 0.307. The van der Waals surface area contributed by atoms with Gasteiger partial charge in [-0.1, -0.05) is 54.1 Å². The number of carbonyl (C=O) groups is 1. The van der Waals surface area contributed by atoms with Crippen LogP contribution in [0.1, 0.15) is 22.6 Å². The molecule has 3 aromatic rings. The fraction of sp³-hybridized carbons (Fsp3) is 0.321. The van der Waals surface area contributed by atoms with E-state index in [4.69, 9.17) is 32.7 Å². The third kappa shape index (κ3) is 3.51. The lowest BCUT2D eigenvalue weighted by molar-refractivity contribution is -0.155. The van der Waals surface area contributed by atoms with Crippen LogP contribution >= 0.6 is 23.2 Å². The molecule has 1 fully saturated rings. The van der Waals surface area contributed by atoms with Gasteiger partial charge in [-0.05, 0) is 35.4 Å². The number of benzene rings is 3. The molecule has 5 atom stereocenters. The van der Waals surface area contributed by atoms with Crippen LogP contribution in [-0.2, 0) is 16.0 Å². The van der Waals surface area contributed by atoms with Gasteiger partial charge in [0.05, 0.1) is 11.8 Å². The molecule has 2 aliphatic rings. The Morgan fingerprint density at radius 2 is 1.78 bits per heavy atom. The van der Waals surface area contributed by atoms with Gasteiger partial charge in [0.25, 0.3) is 0 Å². The molecule has 36 heavy (non-hydrogen) atoms. The first-order valence-electron chi connectivity index (χ1n) is 11.7. The number of aliphatic hydroxyl groups excluding tert-OH is 1. The number of alkyl halides is 1. The van der Waals surface area contributed by atoms with Crippen LogP contribution in [-0.4, -0.2) is 53.7 Å². The molecule has 1 heterocycles. The molecule has 8 heteroatoms. The number of carbonyl (C=O) groups excluding carboxylic acids is 1. The summed E-state index contributed by atoms with van der Waals surface area (Å²) in [6.07, 6.45) is -1.47. The second-order valence-corrected chi connectivity index (χ2v) is 10.2. The highest BCUT2D eigenvalue weighted by Gasteiger charge is 2.77. The Bertz CT molecular complexity index is 1270. The zero-order chi connectivity index (χ0) is 25.7. The van der Waals surface area contributed by atoms with E-state index in [1.807, 2.05) is 30.3 Å². The van der Waals surface area contributed by atoms with Gasteiger partial charge in [-0.3, -0.25) is 4.79 Å². The number of aliphatic hydroxyl groups is 2. The first-order valence-corrected chi connectivity index (χ1v) is 12.6. The minimum Gasteiger partial charge on any atom is -0.492 e. The van der Waals surface area contributed by atoms with Crippen molar-refractivity contribution in [1.29, 1.82) is 0 Å². The van der Waals surface area contributed by atoms with E-state index in [2.05, 4.69) is 0 Å². The maximum Gasteiger partial charge on any atom is 0.228 e. The van der Waals surface area contributed by atoms with Gasteiger partial charge in [0.2, 0.25) is 5.91 Å². The highest BCUT2D eigenvalue weighted by Crippen LogP contribution is 2.68. The van der Waals surface area contributed by atoms with Gasteiger partial charge < -0.3 is 24.6 Å². The van der Waals surface area contributed by atoms with Crippen LogP contribution in [0.2, 0.25) is 5.02 Å². The molecule has 0 radical (unpaired) electrons. The molecule has 1 aliphatic carbocycles. The Kier molecular flexibility index (Phi) is 6.41. The van der Waals surface area contributed by atoms with Gasteiger partial charge in [-0.15, -0.1) is 11.6 Å². The topological polar surface area (TPSA) is 79.2 Å². The SMILES string of the molecule is CN(C)C(=O)[C@H]1[C@@H](O)[C@@]2(O)c3ccc(OCCCl)cc3O[C@@]2(c2ccc(Cl)cc2)[C@@H]1c1ccccc1. The van der Waals surface area contributed by atoms with Crippen molar-refractivity contribution < 1.29 is 24.5 Å². The molecule has 3 aromatic carbocycles. The zero-order valence-electron chi connectivity index (χ0n) is 19.9. The molecule has 1 saturated carbocycles. The Balaban J connectivity index is 1.80. The number of fused-ring (bicyclic) bond motifs is 3. The Morgan fingerprint density at radius 1 is 1.08 bits per heavy atom. The second-order valence-electron chi connectivity index (χ2n) is 9.40. The van der Waals surface area contributed by atoms with Gasteiger partial charge >= 0.3 is 0 Å². The number of hydrogen-bond acceptors (Lipinski definition) is 5. The highest BCUT2D eigenvalue weighted by atomic mass is 35.5. The molecule has 0 bridgehead atoms. The van der Waals surface area contributed by atoms with E-state index >= 15 is 0 Å². The van der Waals surface area contributed by atoms with Crippen molar-refractivity contribution in [1.82, 2.24) is 4.90 Å². The van der Waals surface area contributed by atoms with Gasteiger partial charge in [0.1, 0.15) is 24.2 Å². The summed E-state index contributed by atoms with van der Waals surface area (Å²) in [5, 5.41) is 25.0. The first-order chi connectivity index (χ1) is 17.3. The molecule has 2 N–H and O–H groups in total. The average molecular weight is 528 g/mol. The molecule has 188 valence electrons. The summed E-state index contributed by atoms with van der Waals surface area (Å²) in [5.74, 6) is -0.802. The fourth-order valence-corrected chi connectivity index (χ4v) is 6.01. The van der Waals surface area contributed by atoms with Crippen LogP contribution in [0.25, 0.3) is 0 Å². The number of halogens is 2. The minimum absolute atomic E-state index is 0.306. The number of hydrogen-bond donors (Lipinski definition) is 2. The van der Waals surface area contributed by atoms with Crippen LogP contribution in [0.15, 0.2) is 72.8 Å². The lowest BCUT2D eigenvalue weighted by atomic mass is 9.70. The minimum atomic E-state index is -1.95. The first kappa shape index (κ1) is 24.9. The van der Waals surface area contributed by atoms with E-state index in [0.29, 0.717) is 40.1 Å². The van der Waals surface area contributed by atoms with E-state index in [1.54, 1.807) is 56.6 Å². The van der Waals surface area contributed by atoms with Gasteiger partial charge in [-0.2, -0.15) is 0 Å². The van der Waals surface area contributed by atoms with E-state index < -0.39 is 29.1 Å². The lowest BCUT2D eigenvalue weighted by Crippen LogP contribution is -2.52. The summed E-state index contributed by atoms with van der Waals surface area (Å²) in [4.78, 5) is 15.0. The monoisotopic (exact) mass is 527 g/mol. The van der Waals surface area contributed by atoms with Crippen LogP contribution in [0.4, 0.5) is 0 Å². The molecule has 1 aliphatic heterocycles. The van der Waals surface area contributed by atoms with Crippen LogP contribution in [0, 0.1) is 5.92 Å². The molecule has 0 spiro atoms. The fourth-order valence-electron chi connectivity index (χ4n) is 5.81. The predicted octanol–water partition coefficient (Wildman–Crippen LogP) is 4.30. The smallest absolute Gasteiger partial charge is 0.228 e. The van der Waals surface area contributed by atoms with Gasteiger partial charge in [0, 0.05) is 36.7 Å². The molecular weight excluding hydrogens is 501 g/mol. The molecule has 5 rings (SSSR count). The molecular formula is C28H27Cl2NO5. The summed E-state index contributed by atoms with van der Waals surface area (Å²) in [5.41, 5.74) is -1.73. The van der Waals surface area contributed by atoms with Crippen molar-refractivity contribution in [2.24, 2.45) is 5.92 Å². The Morgan fingerprint density at radius 3 is 2.42 bits per heavy atom. The third-order valence-electron chi connectivity index (χ3n) is 7.27. The summed E-state index contributed by atoms with van der Waals surface area (Å²) < 4.78 is 12.4. The van der Waals surface area contributed by atoms with Crippen LogP contribution in [0.3, 0.4) is 0 Å². The zero-order valence-corrected chi connectivity index (χ0v) is 21.4. The quantitative estimate of drug-likeness (QED) is 0.467. The van der Waals surface area contributed by atoms with Crippen molar-refractivity contribution in [2.75, 3.05) is 26.6 Å². The number of amides is 1. The third-order valence-corrected chi connectivity index (χ3v) is 7.68. The van der Waals surface area contributed by atoms with Crippen molar-refractivity contribution in [3.8, 4) is 11.5 Å². The molecule has 0 saturated heterocycles. The maximum absolute atomic E-state index is 13.6. The Labute approximate surface area is 220 Å². The summed E-state index contributed by atoms with van der Waals surface area (Å²) in [7, 11) is 3.28. The maximum atomic E-state index is 13.6. The predicted molar refractivity (Wildman–Crippen MR) is 138 cm³/mol. The second kappa shape index (κ2) is 9.27. The number of nitrogens with zero attached hydrogens (tertiary/aromatic N) is 1. The molecule has 6 nitrogen and oxygen atoms in total. The summed E-state index contributed by atoms with van der Waals surface area (Å²) >= 11 is 12.0. The van der Waals surface area contributed by atoms with Crippen molar-refractivity contribution >= 4 is 29.1 Å². The van der Waals surface area contributed by atoms with Crippen LogP contribution < -0.4 is 9.47 Å². The van der Waals surface area contributed by atoms with E-state index in [0.717, 1.165) is 5.56 Å². The van der Waals surface area contributed by atoms with Crippen molar-refractivity contribution in [3.63, 3.8) is 0 Å². The van der Waals surface area contributed by atoms with E-state index in [1.165, 1.54) is 4.90 Å². The Hall–Kier alpha value is -2.77. The number of rotatable bonds is 6. The summed E-state index contributed by atoms with van der Waals surface area (Å²) in [6, 6.07) is 21.4. The van der Waals surface area contributed by atoms with E-state index in [9.17, 15) is 15.0 Å². The largest absolute Gasteiger partial charge is 0.492 e. The van der Waals surface area contributed by atoms with Crippen LogP contribution in [0.5, 0.6) is 11.5 Å². The highest BCUT2D eigenvalue weighted by molar-refractivity contribution is 6.30. The standard InChI is InChI=1S/C28H27Cl2NO5/c1-31(2)26(33)23-24(17-6-4-3-5-7-17)28(18-8-10-19(30)11-9-18)27(34,25(23)32)21-13-12-20(35-15-14-29)16-22(21)36-28/h3-13,16,23-25,32,34H,14-15H2,1-2H3/t23-,24-,25-,27+,28+/m1/s1. The molecule has 1 amide bonds. The average Bonchev–Trinajstić information content (AvgIpc) is 3.25. The van der Waals surface area contributed by atoms with Gasteiger partial charge in [0.15, 0.2) is 11.2 Å². The normalized spacial score (nSPS) is 28.2. The van der Waals surface area contributed by atoms with Gasteiger partial charge in [-0.25, -0.2) is 0 Å². The molecule has 0 aromatic heterocycles. The lowest BCUT2D eigenvalue weighted by Gasteiger charge is -2.40. The van der Waals surface area contributed by atoms with Crippen molar-refractivity contribution in [3.05, 3.63) is 94.5 Å². The molecule has 0 unspecified atom stereocenters.